The summed E-state index contributed by atoms with van der Waals surface area (Å²) in [6.07, 6.45) is -2.97. The van der Waals surface area contributed by atoms with Crippen LogP contribution in [-0.4, -0.2) is 41.8 Å². The van der Waals surface area contributed by atoms with Gasteiger partial charge in [0.2, 0.25) is 11.8 Å². The Bertz CT molecular complexity index is 1110. The minimum Gasteiger partial charge on any atom is -0.481 e. The largest absolute Gasteiger partial charge is 0.573 e. The Morgan fingerprint density at radius 1 is 0.906 bits per heavy atom. The minimum atomic E-state index is -4.72. The number of hydrazone groups is 1. The van der Waals surface area contributed by atoms with Crippen molar-refractivity contribution in [2.45, 2.75) is 19.5 Å². The van der Waals surface area contributed by atoms with Crippen LogP contribution in [0.4, 0.5) is 13.2 Å². The molecule has 0 N–H and O–H groups in total. The summed E-state index contributed by atoms with van der Waals surface area (Å²) in [5.41, 5.74) is 3.63. The number of halogens is 3. The molecule has 1 aromatic heterocycles. The zero-order valence-electron chi connectivity index (χ0n) is 17.3. The van der Waals surface area contributed by atoms with E-state index in [0.29, 0.717) is 30.7 Å². The zero-order chi connectivity index (χ0) is 22.7. The summed E-state index contributed by atoms with van der Waals surface area (Å²) in [6.45, 7) is 0.856. The Labute approximate surface area is 182 Å². The maximum atomic E-state index is 12.4. The van der Waals surface area contributed by atoms with Crippen molar-refractivity contribution in [3.05, 3.63) is 65.5 Å². The molecule has 166 valence electrons. The fraction of sp³-hybridized carbons (Fsp3) is 0.227. The van der Waals surface area contributed by atoms with Crippen LogP contribution in [0.5, 0.6) is 17.5 Å². The first-order chi connectivity index (χ1) is 15.3. The molecular weight excluding hydrogens is 425 g/mol. The molecule has 0 fully saturated rings. The van der Waals surface area contributed by atoms with Crippen LogP contribution in [0, 0.1) is 0 Å². The molecule has 1 aliphatic rings. The van der Waals surface area contributed by atoms with Crippen molar-refractivity contribution in [2.75, 3.05) is 14.2 Å². The van der Waals surface area contributed by atoms with E-state index in [1.54, 1.807) is 29.4 Å². The number of benzene rings is 2. The monoisotopic (exact) mass is 444 g/mol. The second kappa shape index (κ2) is 8.74. The van der Waals surface area contributed by atoms with Crippen LogP contribution in [0.2, 0.25) is 0 Å². The van der Waals surface area contributed by atoms with E-state index in [-0.39, 0.29) is 5.75 Å². The van der Waals surface area contributed by atoms with Crippen molar-refractivity contribution in [1.29, 1.82) is 0 Å². The van der Waals surface area contributed by atoms with E-state index < -0.39 is 6.36 Å². The van der Waals surface area contributed by atoms with Crippen molar-refractivity contribution in [3.63, 3.8) is 0 Å². The highest BCUT2D eigenvalue weighted by Crippen LogP contribution is 2.29. The van der Waals surface area contributed by atoms with E-state index in [1.165, 1.54) is 26.4 Å². The van der Waals surface area contributed by atoms with Gasteiger partial charge in [0.05, 0.1) is 39.6 Å². The Kier molecular flexibility index (Phi) is 5.85. The molecule has 0 atom stereocenters. The summed E-state index contributed by atoms with van der Waals surface area (Å²) in [6, 6.07) is 13.2. The maximum Gasteiger partial charge on any atom is 0.573 e. The SMILES string of the molecule is COc1cc(OC)nc(CN2Cc3cc(-c4ccc(OC(F)(F)F)cc4)ccc3C=N2)n1. The number of fused-ring (bicyclic) bond motifs is 1. The molecule has 3 aromatic rings. The Morgan fingerprint density at radius 3 is 2.19 bits per heavy atom. The van der Waals surface area contributed by atoms with Gasteiger partial charge in [-0.15, -0.1) is 13.2 Å². The van der Waals surface area contributed by atoms with Crippen LogP contribution >= 0.6 is 0 Å². The molecule has 0 aliphatic carbocycles. The van der Waals surface area contributed by atoms with Gasteiger partial charge in [-0.05, 0) is 40.5 Å². The van der Waals surface area contributed by atoms with Crippen molar-refractivity contribution >= 4 is 6.21 Å². The predicted octanol–water partition coefficient (Wildman–Crippen LogP) is 4.41. The number of aromatic nitrogens is 2. The minimum absolute atomic E-state index is 0.258. The van der Waals surface area contributed by atoms with Gasteiger partial charge >= 0.3 is 6.36 Å². The molecule has 0 radical (unpaired) electrons. The summed E-state index contributed by atoms with van der Waals surface area (Å²) in [5, 5.41) is 6.25. The summed E-state index contributed by atoms with van der Waals surface area (Å²) in [5.74, 6) is 1.03. The smallest absolute Gasteiger partial charge is 0.481 e. The van der Waals surface area contributed by atoms with E-state index in [4.69, 9.17) is 9.47 Å². The summed E-state index contributed by atoms with van der Waals surface area (Å²) in [4.78, 5) is 8.66. The molecule has 1 aliphatic heterocycles. The lowest BCUT2D eigenvalue weighted by Gasteiger charge is -2.24. The van der Waals surface area contributed by atoms with Gasteiger partial charge in [0.1, 0.15) is 5.75 Å². The number of methoxy groups -OCH3 is 2. The first-order valence-corrected chi connectivity index (χ1v) is 9.57. The zero-order valence-corrected chi connectivity index (χ0v) is 17.3. The third kappa shape index (κ3) is 5.08. The van der Waals surface area contributed by atoms with Gasteiger partial charge in [0.15, 0.2) is 5.82 Å². The first kappa shape index (κ1) is 21.4. The molecule has 0 spiro atoms. The van der Waals surface area contributed by atoms with E-state index in [2.05, 4.69) is 19.8 Å². The molecule has 10 heteroatoms. The third-order valence-electron chi connectivity index (χ3n) is 4.74. The number of ether oxygens (including phenoxy) is 3. The normalized spacial score (nSPS) is 13.0. The summed E-state index contributed by atoms with van der Waals surface area (Å²) >= 11 is 0. The fourth-order valence-electron chi connectivity index (χ4n) is 3.27. The summed E-state index contributed by atoms with van der Waals surface area (Å²) in [7, 11) is 3.04. The molecule has 4 rings (SSSR count). The van der Waals surface area contributed by atoms with E-state index in [9.17, 15) is 13.2 Å². The van der Waals surface area contributed by atoms with Gasteiger partial charge in [-0.2, -0.15) is 15.1 Å². The average molecular weight is 444 g/mol. The van der Waals surface area contributed by atoms with Crippen LogP contribution in [-0.2, 0) is 13.1 Å². The molecular formula is C22H19F3N4O3. The number of hydrogen-bond donors (Lipinski definition) is 0. The topological polar surface area (TPSA) is 69.1 Å². The molecule has 7 nitrogen and oxygen atoms in total. The van der Waals surface area contributed by atoms with Gasteiger partial charge in [0.25, 0.3) is 0 Å². The maximum absolute atomic E-state index is 12.4. The number of alkyl halides is 3. The number of nitrogens with zero attached hydrogens (tertiary/aromatic N) is 4. The van der Waals surface area contributed by atoms with Crippen molar-refractivity contribution in [3.8, 4) is 28.6 Å². The van der Waals surface area contributed by atoms with Crippen LogP contribution in [0.3, 0.4) is 0 Å². The Hall–Kier alpha value is -3.82. The molecule has 2 heterocycles. The molecule has 0 unspecified atom stereocenters. The molecule has 0 saturated carbocycles. The third-order valence-corrected chi connectivity index (χ3v) is 4.74. The number of rotatable bonds is 6. The Morgan fingerprint density at radius 2 is 1.56 bits per heavy atom. The molecule has 2 aromatic carbocycles. The molecule has 0 bridgehead atoms. The quantitative estimate of drug-likeness (QED) is 0.561. The highest BCUT2D eigenvalue weighted by atomic mass is 19.4. The van der Waals surface area contributed by atoms with E-state index in [1.807, 2.05) is 18.2 Å². The van der Waals surface area contributed by atoms with Crippen molar-refractivity contribution in [2.24, 2.45) is 5.10 Å². The number of hydrogen-bond acceptors (Lipinski definition) is 7. The molecule has 0 amide bonds. The summed E-state index contributed by atoms with van der Waals surface area (Å²) < 4.78 is 51.4. The average Bonchev–Trinajstić information content (AvgIpc) is 2.77. The van der Waals surface area contributed by atoms with Crippen LogP contribution in [0.15, 0.2) is 53.6 Å². The van der Waals surface area contributed by atoms with Gasteiger partial charge in [-0.25, -0.2) is 0 Å². The lowest BCUT2D eigenvalue weighted by atomic mass is 9.98. The van der Waals surface area contributed by atoms with Crippen LogP contribution in [0.1, 0.15) is 17.0 Å². The van der Waals surface area contributed by atoms with E-state index >= 15 is 0 Å². The second-order valence-corrected chi connectivity index (χ2v) is 6.92. The standard InChI is InChI=1S/C22H19F3N4O3/c1-30-20-10-21(31-2)28-19(27-20)13-29-12-17-9-15(3-4-16(17)11-26-29)14-5-7-18(8-6-14)32-22(23,24)25/h3-11H,12-13H2,1-2H3. The van der Waals surface area contributed by atoms with Crippen molar-refractivity contribution < 1.29 is 27.4 Å². The van der Waals surface area contributed by atoms with Crippen LogP contribution < -0.4 is 14.2 Å². The van der Waals surface area contributed by atoms with E-state index in [0.717, 1.165) is 22.3 Å². The first-order valence-electron chi connectivity index (χ1n) is 9.57. The predicted molar refractivity (Wildman–Crippen MR) is 111 cm³/mol. The highest BCUT2D eigenvalue weighted by molar-refractivity contribution is 5.84. The Balaban J connectivity index is 1.51. The lowest BCUT2D eigenvalue weighted by Crippen LogP contribution is -2.22. The van der Waals surface area contributed by atoms with Gasteiger partial charge in [-0.3, -0.25) is 5.01 Å². The highest BCUT2D eigenvalue weighted by Gasteiger charge is 2.31. The van der Waals surface area contributed by atoms with Gasteiger partial charge < -0.3 is 14.2 Å². The van der Waals surface area contributed by atoms with Crippen molar-refractivity contribution in [1.82, 2.24) is 15.0 Å². The molecule has 0 saturated heterocycles. The fourth-order valence-corrected chi connectivity index (χ4v) is 3.27. The van der Waals surface area contributed by atoms with Gasteiger partial charge in [0, 0.05) is 0 Å². The molecule has 32 heavy (non-hydrogen) atoms. The second-order valence-electron chi connectivity index (χ2n) is 6.92. The van der Waals surface area contributed by atoms with Crippen LogP contribution in [0.25, 0.3) is 11.1 Å². The lowest BCUT2D eigenvalue weighted by molar-refractivity contribution is -0.274. The van der Waals surface area contributed by atoms with Gasteiger partial charge in [-0.1, -0.05) is 24.3 Å².